The maximum absolute atomic E-state index is 12.8. The van der Waals surface area contributed by atoms with Crippen molar-refractivity contribution < 1.29 is 14.7 Å². The van der Waals surface area contributed by atoms with E-state index in [4.69, 9.17) is 0 Å². The Balaban J connectivity index is 2.05. The first-order valence-corrected chi connectivity index (χ1v) is 8.89. The number of amides is 1. The van der Waals surface area contributed by atoms with Gasteiger partial charge in [0.25, 0.3) is 11.7 Å². The molecule has 0 aliphatic carbocycles. The summed E-state index contributed by atoms with van der Waals surface area (Å²) in [6.07, 6.45) is 3.97. The number of hydrogen-bond donors (Lipinski definition) is 1. The molecular weight excluding hydrogens is 342 g/mol. The summed E-state index contributed by atoms with van der Waals surface area (Å²) in [6.45, 7) is 1.23. The fraction of sp³-hybridized carbons (Fsp3) is 0.286. The van der Waals surface area contributed by atoms with Crippen molar-refractivity contribution in [2.45, 2.75) is 12.5 Å². The molecule has 0 saturated carbocycles. The molecular formula is C21H23N3O3. The van der Waals surface area contributed by atoms with E-state index in [2.05, 4.69) is 4.98 Å². The summed E-state index contributed by atoms with van der Waals surface area (Å²) in [5.74, 6) is -1.37. The van der Waals surface area contributed by atoms with Crippen LogP contribution in [-0.4, -0.2) is 58.8 Å². The van der Waals surface area contributed by atoms with Gasteiger partial charge in [-0.25, -0.2) is 0 Å². The SMILES string of the molecule is CN(C)CCCN1C(=O)C(=O)/C(=C(/O)c2ccccc2)C1c1ccncc1. The molecule has 2 aromatic rings. The van der Waals surface area contributed by atoms with E-state index in [1.54, 1.807) is 53.7 Å². The summed E-state index contributed by atoms with van der Waals surface area (Å²) in [6, 6.07) is 11.8. The van der Waals surface area contributed by atoms with Gasteiger partial charge in [-0.2, -0.15) is 0 Å². The number of hydrogen-bond acceptors (Lipinski definition) is 5. The average molecular weight is 365 g/mol. The van der Waals surface area contributed by atoms with E-state index >= 15 is 0 Å². The summed E-state index contributed by atoms with van der Waals surface area (Å²) in [5, 5.41) is 10.8. The number of benzene rings is 1. The van der Waals surface area contributed by atoms with Crippen LogP contribution in [0.25, 0.3) is 5.76 Å². The van der Waals surface area contributed by atoms with E-state index in [-0.39, 0.29) is 11.3 Å². The molecule has 6 heteroatoms. The zero-order valence-electron chi connectivity index (χ0n) is 15.5. The summed E-state index contributed by atoms with van der Waals surface area (Å²) in [5.41, 5.74) is 1.40. The monoisotopic (exact) mass is 365 g/mol. The molecule has 27 heavy (non-hydrogen) atoms. The summed E-state index contributed by atoms with van der Waals surface area (Å²) < 4.78 is 0. The molecule has 1 aromatic carbocycles. The fourth-order valence-electron chi connectivity index (χ4n) is 3.31. The second-order valence-corrected chi connectivity index (χ2v) is 6.80. The highest BCUT2D eigenvalue weighted by molar-refractivity contribution is 6.46. The number of Topliss-reactive ketones (excluding diaryl/α,β-unsaturated/α-hetero) is 1. The molecule has 0 bridgehead atoms. The summed E-state index contributed by atoms with van der Waals surface area (Å²) in [4.78, 5) is 33.1. The zero-order valence-corrected chi connectivity index (χ0v) is 15.5. The third-order valence-electron chi connectivity index (χ3n) is 4.61. The molecule has 1 amide bonds. The first kappa shape index (κ1) is 18.8. The largest absolute Gasteiger partial charge is 0.507 e. The maximum Gasteiger partial charge on any atom is 0.295 e. The highest BCUT2D eigenvalue weighted by Gasteiger charge is 2.45. The van der Waals surface area contributed by atoms with Crippen LogP contribution < -0.4 is 0 Å². The Morgan fingerprint density at radius 1 is 1.11 bits per heavy atom. The van der Waals surface area contributed by atoms with Gasteiger partial charge in [0.2, 0.25) is 0 Å². The molecule has 1 aliphatic heterocycles. The van der Waals surface area contributed by atoms with Crippen molar-refractivity contribution in [3.63, 3.8) is 0 Å². The first-order valence-electron chi connectivity index (χ1n) is 8.89. The minimum Gasteiger partial charge on any atom is -0.507 e. The molecule has 140 valence electrons. The van der Waals surface area contributed by atoms with Crippen molar-refractivity contribution in [1.82, 2.24) is 14.8 Å². The molecule has 1 aromatic heterocycles. The zero-order chi connectivity index (χ0) is 19.4. The van der Waals surface area contributed by atoms with Crippen molar-refractivity contribution >= 4 is 17.4 Å². The predicted molar refractivity (Wildman–Crippen MR) is 103 cm³/mol. The molecule has 1 fully saturated rings. The summed E-state index contributed by atoms with van der Waals surface area (Å²) in [7, 11) is 3.92. The number of carbonyl (C=O) groups excluding carboxylic acids is 2. The van der Waals surface area contributed by atoms with Crippen LogP contribution in [0.3, 0.4) is 0 Å². The minimum atomic E-state index is -0.650. The molecule has 0 spiro atoms. The number of carbonyl (C=O) groups is 2. The number of aliphatic hydroxyl groups is 1. The molecule has 1 saturated heterocycles. The van der Waals surface area contributed by atoms with Gasteiger partial charge in [0.05, 0.1) is 11.6 Å². The van der Waals surface area contributed by atoms with Crippen LogP contribution in [0, 0.1) is 0 Å². The van der Waals surface area contributed by atoms with Crippen LogP contribution in [-0.2, 0) is 9.59 Å². The van der Waals surface area contributed by atoms with E-state index in [1.165, 1.54) is 0 Å². The maximum atomic E-state index is 12.8. The smallest absolute Gasteiger partial charge is 0.295 e. The van der Waals surface area contributed by atoms with E-state index in [1.807, 2.05) is 25.1 Å². The summed E-state index contributed by atoms with van der Waals surface area (Å²) >= 11 is 0. The predicted octanol–water partition coefficient (Wildman–Crippen LogP) is 2.46. The van der Waals surface area contributed by atoms with Gasteiger partial charge in [-0.05, 0) is 44.8 Å². The lowest BCUT2D eigenvalue weighted by molar-refractivity contribution is -0.139. The van der Waals surface area contributed by atoms with Gasteiger partial charge in [-0.3, -0.25) is 14.6 Å². The molecule has 0 radical (unpaired) electrons. The van der Waals surface area contributed by atoms with Crippen LogP contribution in [0.4, 0.5) is 0 Å². The Morgan fingerprint density at radius 3 is 2.41 bits per heavy atom. The van der Waals surface area contributed by atoms with Gasteiger partial charge in [-0.15, -0.1) is 0 Å². The van der Waals surface area contributed by atoms with Crippen LogP contribution in [0.1, 0.15) is 23.6 Å². The second kappa shape index (κ2) is 8.14. The van der Waals surface area contributed by atoms with Crippen molar-refractivity contribution in [2.75, 3.05) is 27.2 Å². The molecule has 3 rings (SSSR count). The van der Waals surface area contributed by atoms with Crippen molar-refractivity contribution in [3.05, 3.63) is 71.6 Å². The third-order valence-corrected chi connectivity index (χ3v) is 4.61. The van der Waals surface area contributed by atoms with Gasteiger partial charge in [-0.1, -0.05) is 30.3 Å². The van der Waals surface area contributed by atoms with E-state index in [9.17, 15) is 14.7 Å². The quantitative estimate of drug-likeness (QED) is 0.484. The van der Waals surface area contributed by atoms with E-state index < -0.39 is 17.7 Å². The number of aliphatic hydroxyl groups excluding tert-OH is 1. The lowest BCUT2D eigenvalue weighted by Gasteiger charge is -2.25. The van der Waals surface area contributed by atoms with Crippen molar-refractivity contribution in [3.8, 4) is 0 Å². The average Bonchev–Trinajstić information content (AvgIpc) is 2.93. The fourth-order valence-corrected chi connectivity index (χ4v) is 3.31. The van der Waals surface area contributed by atoms with E-state index in [0.717, 1.165) is 18.5 Å². The number of nitrogens with zero attached hydrogens (tertiary/aromatic N) is 3. The Morgan fingerprint density at radius 2 is 1.78 bits per heavy atom. The first-order chi connectivity index (χ1) is 13.0. The number of ketones is 1. The van der Waals surface area contributed by atoms with Crippen LogP contribution in [0.15, 0.2) is 60.4 Å². The Hall–Kier alpha value is -2.99. The Labute approximate surface area is 158 Å². The lowest BCUT2D eigenvalue weighted by Crippen LogP contribution is -2.32. The third kappa shape index (κ3) is 3.90. The standard InChI is InChI=1S/C21H23N3O3/c1-23(2)13-6-14-24-18(15-9-11-22-12-10-15)17(20(26)21(24)27)19(25)16-7-4-3-5-8-16/h3-5,7-12,18,25H,6,13-14H2,1-2H3/b19-17+. The van der Waals surface area contributed by atoms with Crippen LogP contribution in [0.2, 0.25) is 0 Å². The van der Waals surface area contributed by atoms with Crippen molar-refractivity contribution in [2.24, 2.45) is 0 Å². The normalized spacial score (nSPS) is 19.1. The minimum absolute atomic E-state index is 0.127. The van der Waals surface area contributed by atoms with Gasteiger partial charge < -0.3 is 14.9 Å². The molecule has 2 heterocycles. The molecule has 1 atom stereocenters. The Bertz CT molecular complexity index is 847. The molecule has 1 unspecified atom stereocenters. The Kier molecular flexibility index (Phi) is 5.66. The highest BCUT2D eigenvalue weighted by atomic mass is 16.3. The van der Waals surface area contributed by atoms with Gasteiger partial charge in [0.15, 0.2) is 0 Å². The molecule has 1 N–H and O–H groups in total. The highest BCUT2D eigenvalue weighted by Crippen LogP contribution is 2.39. The van der Waals surface area contributed by atoms with E-state index in [0.29, 0.717) is 12.1 Å². The molecule has 1 aliphatic rings. The topological polar surface area (TPSA) is 73.7 Å². The van der Waals surface area contributed by atoms with Gasteiger partial charge in [0, 0.05) is 24.5 Å². The second-order valence-electron chi connectivity index (χ2n) is 6.80. The number of rotatable bonds is 6. The number of aromatic nitrogens is 1. The van der Waals surface area contributed by atoms with Crippen LogP contribution >= 0.6 is 0 Å². The van der Waals surface area contributed by atoms with Gasteiger partial charge in [0.1, 0.15) is 5.76 Å². The van der Waals surface area contributed by atoms with Gasteiger partial charge >= 0.3 is 0 Å². The van der Waals surface area contributed by atoms with Crippen molar-refractivity contribution in [1.29, 1.82) is 0 Å². The molecule has 6 nitrogen and oxygen atoms in total. The van der Waals surface area contributed by atoms with Crippen LogP contribution in [0.5, 0.6) is 0 Å². The number of pyridine rings is 1. The lowest BCUT2D eigenvalue weighted by atomic mass is 9.96. The number of likely N-dealkylation sites (tertiary alicyclic amines) is 1.